The third-order valence-electron chi connectivity index (χ3n) is 4.57. The summed E-state index contributed by atoms with van der Waals surface area (Å²) in [5, 5.41) is 0. The van der Waals surface area contributed by atoms with Gasteiger partial charge in [-0.15, -0.1) is 0 Å². The van der Waals surface area contributed by atoms with E-state index in [0.717, 1.165) is 11.3 Å². The summed E-state index contributed by atoms with van der Waals surface area (Å²) >= 11 is 0. The van der Waals surface area contributed by atoms with Crippen molar-refractivity contribution < 1.29 is 14.3 Å². The van der Waals surface area contributed by atoms with Crippen molar-refractivity contribution in [3.05, 3.63) is 60.2 Å². The summed E-state index contributed by atoms with van der Waals surface area (Å²) in [7, 11) is 1.79. The molecule has 0 aliphatic carbocycles. The first kappa shape index (κ1) is 18.0. The Balaban J connectivity index is 1.70. The van der Waals surface area contributed by atoms with Crippen molar-refractivity contribution in [2.24, 2.45) is 5.92 Å². The van der Waals surface area contributed by atoms with Gasteiger partial charge in [-0.2, -0.15) is 0 Å². The number of anilines is 1. The first-order chi connectivity index (χ1) is 12.6. The number of carbonyl (C=O) groups is 2. The highest BCUT2D eigenvalue weighted by atomic mass is 16.5. The van der Waals surface area contributed by atoms with Crippen LogP contribution in [0.15, 0.2) is 54.6 Å². The minimum absolute atomic E-state index is 0.00130. The molecule has 0 bridgehead atoms. The molecule has 0 spiro atoms. The van der Waals surface area contributed by atoms with Gasteiger partial charge < -0.3 is 14.5 Å². The molecule has 2 amide bonds. The fraction of sp³-hybridized carbons (Fsp3) is 0.333. The molecule has 1 fully saturated rings. The first-order valence-corrected chi connectivity index (χ1v) is 8.91. The van der Waals surface area contributed by atoms with Crippen molar-refractivity contribution in [1.82, 2.24) is 4.90 Å². The highest BCUT2D eigenvalue weighted by molar-refractivity contribution is 6.01. The summed E-state index contributed by atoms with van der Waals surface area (Å²) < 4.78 is 5.63. The van der Waals surface area contributed by atoms with Crippen LogP contribution in [0.2, 0.25) is 0 Å². The number of ether oxygens (including phenoxy) is 1. The minimum atomic E-state index is -0.328. The highest BCUT2D eigenvalue weighted by Crippen LogP contribution is 2.33. The predicted octanol–water partition coefficient (Wildman–Crippen LogP) is 3.10. The third-order valence-corrected chi connectivity index (χ3v) is 4.57. The SMILES string of the molecule is CCOc1ccccc1N1CC(C(=O)N(C)Cc2ccccc2)CC1=O. The lowest BCUT2D eigenvalue weighted by atomic mass is 10.1. The predicted molar refractivity (Wildman–Crippen MR) is 101 cm³/mol. The Labute approximate surface area is 154 Å². The summed E-state index contributed by atoms with van der Waals surface area (Å²) in [6, 6.07) is 17.3. The summed E-state index contributed by atoms with van der Waals surface area (Å²) in [5.74, 6) is 0.308. The van der Waals surface area contributed by atoms with Gasteiger partial charge in [0.05, 0.1) is 18.2 Å². The van der Waals surface area contributed by atoms with Crippen LogP contribution in [-0.4, -0.2) is 36.9 Å². The number of carbonyl (C=O) groups excluding carboxylic acids is 2. The van der Waals surface area contributed by atoms with E-state index in [4.69, 9.17) is 4.74 Å². The molecular formula is C21H24N2O3. The van der Waals surface area contributed by atoms with E-state index < -0.39 is 0 Å². The average Bonchev–Trinajstić information content (AvgIpc) is 3.04. The molecule has 1 atom stereocenters. The Hall–Kier alpha value is -2.82. The largest absolute Gasteiger partial charge is 0.492 e. The quantitative estimate of drug-likeness (QED) is 0.803. The van der Waals surface area contributed by atoms with Crippen LogP contribution in [-0.2, 0) is 16.1 Å². The number of para-hydroxylation sites is 2. The number of hydrogen-bond donors (Lipinski definition) is 0. The van der Waals surface area contributed by atoms with Gasteiger partial charge in [0.15, 0.2) is 0 Å². The molecule has 0 radical (unpaired) electrons. The van der Waals surface area contributed by atoms with E-state index in [9.17, 15) is 9.59 Å². The van der Waals surface area contributed by atoms with Gasteiger partial charge in [-0.1, -0.05) is 42.5 Å². The van der Waals surface area contributed by atoms with Gasteiger partial charge in [-0.05, 0) is 24.6 Å². The topological polar surface area (TPSA) is 49.9 Å². The van der Waals surface area contributed by atoms with Gasteiger partial charge in [0.2, 0.25) is 11.8 Å². The molecule has 0 N–H and O–H groups in total. The molecule has 2 aromatic rings. The van der Waals surface area contributed by atoms with E-state index in [0.29, 0.717) is 25.4 Å². The van der Waals surface area contributed by atoms with Gasteiger partial charge >= 0.3 is 0 Å². The van der Waals surface area contributed by atoms with Crippen LogP contribution in [0.25, 0.3) is 0 Å². The van der Waals surface area contributed by atoms with E-state index in [2.05, 4.69) is 0 Å². The van der Waals surface area contributed by atoms with Crippen LogP contribution in [0.1, 0.15) is 18.9 Å². The summed E-state index contributed by atoms with van der Waals surface area (Å²) in [5.41, 5.74) is 1.81. The van der Waals surface area contributed by atoms with Crippen LogP contribution in [0.5, 0.6) is 5.75 Å². The maximum atomic E-state index is 12.8. The van der Waals surface area contributed by atoms with Gasteiger partial charge in [-0.3, -0.25) is 9.59 Å². The Morgan fingerprint density at radius 2 is 1.85 bits per heavy atom. The summed E-state index contributed by atoms with van der Waals surface area (Å²) in [6.07, 6.45) is 0.235. The molecule has 26 heavy (non-hydrogen) atoms. The van der Waals surface area contributed by atoms with Crippen molar-refractivity contribution >= 4 is 17.5 Å². The fourth-order valence-electron chi connectivity index (χ4n) is 3.31. The molecule has 1 heterocycles. The average molecular weight is 352 g/mol. The molecule has 136 valence electrons. The van der Waals surface area contributed by atoms with Crippen LogP contribution < -0.4 is 9.64 Å². The zero-order valence-electron chi connectivity index (χ0n) is 15.2. The number of benzene rings is 2. The molecule has 0 aromatic heterocycles. The zero-order valence-corrected chi connectivity index (χ0v) is 15.2. The molecule has 1 aliphatic rings. The summed E-state index contributed by atoms with van der Waals surface area (Å²) in [6.45, 7) is 3.37. The molecular weight excluding hydrogens is 328 g/mol. The molecule has 2 aromatic carbocycles. The molecule has 1 saturated heterocycles. The standard InChI is InChI=1S/C21H24N2O3/c1-3-26-19-12-8-7-11-18(19)23-15-17(13-20(23)24)21(25)22(2)14-16-9-5-4-6-10-16/h4-12,17H,3,13-15H2,1-2H3. The molecule has 0 saturated carbocycles. The third kappa shape index (κ3) is 3.87. The lowest BCUT2D eigenvalue weighted by Gasteiger charge is -2.22. The number of rotatable bonds is 6. The minimum Gasteiger partial charge on any atom is -0.492 e. The molecule has 3 rings (SSSR count). The van der Waals surface area contributed by atoms with E-state index in [1.54, 1.807) is 16.8 Å². The fourth-order valence-corrected chi connectivity index (χ4v) is 3.31. The van der Waals surface area contributed by atoms with Crippen molar-refractivity contribution in [1.29, 1.82) is 0 Å². The van der Waals surface area contributed by atoms with Crippen molar-refractivity contribution in [2.45, 2.75) is 19.9 Å². The van der Waals surface area contributed by atoms with E-state index in [-0.39, 0.29) is 24.2 Å². The lowest BCUT2D eigenvalue weighted by molar-refractivity contribution is -0.135. The van der Waals surface area contributed by atoms with Gasteiger partial charge in [0, 0.05) is 26.6 Å². The highest BCUT2D eigenvalue weighted by Gasteiger charge is 2.37. The second-order valence-electron chi connectivity index (χ2n) is 6.49. The second-order valence-corrected chi connectivity index (χ2v) is 6.49. The van der Waals surface area contributed by atoms with Gasteiger partial charge in [-0.25, -0.2) is 0 Å². The first-order valence-electron chi connectivity index (χ1n) is 8.91. The lowest BCUT2D eigenvalue weighted by Crippen LogP contribution is -2.34. The van der Waals surface area contributed by atoms with Gasteiger partial charge in [0.25, 0.3) is 0 Å². The zero-order chi connectivity index (χ0) is 18.5. The normalized spacial score (nSPS) is 16.6. The van der Waals surface area contributed by atoms with Crippen LogP contribution in [0.3, 0.4) is 0 Å². The van der Waals surface area contributed by atoms with E-state index in [1.807, 2.05) is 61.5 Å². The monoisotopic (exact) mass is 352 g/mol. The van der Waals surface area contributed by atoms with Crippen molar-refractivity contribution in [3.63, 3.8) is 0 Å². The smallest absolute Gasteiger partial charge is 0.228 e. The number of hydrogen-bond acceptors (Lipinski definition) is 3. The Bertz CT molecular complexity index is 776. The van der Waals surface area contributed by atoms with Crippen LogP contribution in [0.4, 0.5) is 5.69 Å². The van der Waals surface area contributed by atoms with E-state index in [1.165, 1.54) is 0 Å². The molecule has 5 nitrogen and oxygen atoms in total. The van der Waals surface area contributed by atoms with E-state index >= 15 is 0 Å². The maximum Gasteiger partial charge on any atom is 0.228 e. The van der Waals surface area contributed by atoms with Crippen molar-refractivity contribution in [3.8, 4) is 5.75 Å². The maximum absolute atomic E-state index is 12.8. The van der Waals surface area contributed by atoms with Gasteiger partial charge in [0.1, 0.15) is 5.75 Å². The Morgan fingerprint density at radius 1 is 1.15 bits per heavy atom. The van der Waals surface area contributed by atoms with Crippen LogP contribution >= 0.6 is 0 Å². The molecule has 1 unspecified atom stereocenters. The van der Waals surface area contributed by atoms with Crippen LogP contribution in [0, 0.1) is 5.92 Å². The summed E-state index contributed by atoms with van der Waals surface area (Å²) in [4.78, 5) is 28.7. The second kappa shape index (κ2) is 8.04. The Morgan fingerprint density at radius 3 is 2.58 bits per heavy atom. The number of nitrogens with zero attached hydrogens (tertiary/aromatic N) is 2. The Kier molecular flexibility index (Phi) is 5.56. The number of amides is 2. The van der Waals surface area contributed by atoms with Crippen molar-refractivity contribution in [2.75, 3.05) is 25.1 Å². The molecule has 5 heteroatoms. The molecule has 1 aliphatic heterocycles.